The molecule has 0 N–H and O–H groups in total. The van der Waals surface area contributed by atoms with Gasteiger partial charge in [0.2, 0.25) is 0 Å². The highest BCUT2D eigenvalue weighted by Gasteiger charge is 2.44. The highest BCUT2D eigenvalue weighted by Crippen LogP contribution is 2.43. The van der Waals surface area contributed by atoms with Crippen LogP contribution in [0.2, 0.25) is 0 Å². The van der Waals surface area contributed by atoms with Crippen LogP contribution in [-0.2, 0) is 9.53 Å². The smallest absolute Gasteiger partial charge is 0.303 e. The monoisotopic (exact) mass is 168 g/mol. The van der Waals surface area contributed by atoms with E-state index < -0.39 is 5.60 Å². The maximum absolute atomic E-state index is 10.8. The van der Waals surface area contributed by atoms with Crippen molar-refractivity contribution in [3.05, 3.63) is 12.2 Å². The van der Waals surface area contributed by atoms with Crippen molar-refractivity contribution >= 4 is 5.97 Å². The Morgan fingerprint density at radius 2 is 2.00 bits per heavy atom. The van der Waals surface area contributed by atoms with Gasteiger partial charge in [-0.3, -0.25) is 4.79 Å². The Hall–Kier alpha value is -0.790. The molecule has 0 bridgehead atoms. The lowest BCUT2D eigenvalue weighted by atomic mass is 9.78. The van der Waals surface area contributed by atoms with Crippen LogP contribution in [0.1, 0.15) is 34.1 Å². The van der Waals surface area contributed by atoms with Gasteiger partial charge in [-0.1, -0.05) is 19.9 Å². The first-order valence-corrected chi connectivity index (χ1v) is 4.25. The average molecular weight is 168 g/mol. The standard InChI is InChI=1S/C10H16O2/c1-8(11)12-10(4)7-5-6-9(10,2)3/h5,7H,6H2,1-4H3. The van der Waals surface area contributed by atoms with Crippen LogP contribution < -0.4 is 0 Å². The Bertz CT molecular complexity index is 228. The minimum atomic E-state index is -0.418. The van der Waals surface area contributed by atoms with Crippen LogP contribution in [0.15, 0.2) is 12.2 Å². The highest BCUT2D eigenvalue weighted by molar-refractivity contribution is 5.67. The molecule has 0 saturated carbocycles. The molecule has 1 rings (SSSR count). The van der Waals surface area contributed by atoms with Gasteiger partial charge in [0.1, 0.15) is 5.60 Å². The number of carbonyl (C=O) groups excluding carboxylic acids is 1. The number of carbonyl (C=O) groups is 1. The predicted molar refractivity (Wildman–Crippen MR) is 47.7 cm³/mol. The number of hydrogen-bond acceptors (Lipinski definition) is 2. The van der Waals surface area contributed by atoms with E-state index in [-0.39, 0.29) is 11.4 Å². The normalized spacial score (nSPS) is 32.0. The molecule has 0 radical (unpaired) electrons. The molecule has 1 aliphatic rings. The fourth-order valence-corrected chi connectivity index (χ4v) is 1.48. The molecule has 0 aromatic carbocycles. The maximum Gasteiger partial charge on any atom is 0.303 e. The van der Waals surface area contributed by atoms with Gasteiger partial charge in [0.25, 0.3) is 0 Å². The molecule has 1 atom stereocenters. The van der Waals surface area contributed by atoms with Gasteiger partial charge in [-0.05, 0) is 19.4 Å². The van der Waals surface area contributed by atoms with Crippen molar-refractivity contribution in [3.8, 4) is 0 Å². The molecule has 0 saturated heterocycles. The topological polar surface area (TPSA) is 26.3 Å². The molecule has 0 amide bonds. The lowest BCUT2D eigenvalue weighted by molar-refractivity contribution is -0.159. The van der Waals surface area contributed by atoms with Gasteiger partial charge in [0, 0.05) is 12.3 Å². The summed E-state index contributed by atoms with van der Waals surface area (Å²) in [5, 5.41) is 0. The van der Waals surface area contributed by atoms with Gasteiger partial charge >= 0.3 is 5.97 Å². The zero-order chi connectivity index (χ0) is 9.41. The van der Waals surface area contributed by atoms with E-state index in [0.717, 1.165) is 6.42 Å². The van der Waals surface area contributed by atoms with E-state index in [1.54, 1.807) is 0 Å². The van der Waals surface area contributed by atoms with Gasteiger partial charge in [-0.15, -0.1) is 0 Å². The van der Waals surface area contributed by atoms with Crippen LogP contribution in [0.4, 0.5) is 0 Å². The Balaban J connectivity index is 2.82. The second-order valence-corrected chi connectivity index (χ2v) is 4.19. The molecule has 68 valence electrons. The lowest BCUT2D eigenvalue weighted by Crippen LogP contribution is -2.40. The van der Waals surface area contributed by atoms with E-state index in [2.05, 4.69) is 19.9 Å². The first kappa shape index (κ1) is 9.30. The SMILES string of the molecule is CC(=O)OC1(C)C=CCC1(C)C. The minimum absolute atomic E-state index is 0.0265. The molecule has 0 fully saturated rings. The lowest BCUT2D eigenvalue weighted by Gasteiger charge is -2.36. The van der Waals surface area contributed by atoms with Gasteiger partial charge in [-0.25, -0.2) is 0 Å². The number of ether oxygens (including phenoxy) is 1. The Morgan fingerprint density at radius 1 is 1.42 bits per heavy atom. The number of rotatable bonds is 1. The fourth-order valence-electron chi connectivity index (χ4n) is 1.48. The molecule has 0 spiro atoms. The molecule has 1 aliphatic carbocycles. The molecule has 0 heterocycles. The summed E-state index contributed by atoms with van der Waals surface area (Å²) in [6.07, 6.45) is 5.02. The zero-order valence-corrected chi connectivity index (χ0v) is 8.18. The van der Waals surface area contributed by atoms with Crippen LogP contribution in [0.3, 0.4) is 0 Å². The zero-order valence-electron chi connectivity index (χ0n) is 8.18. The summed E-state index contributed by atoms with van der Waals surface area (Å²) in [5.41, 5.74) is -0.391. The van der Waals surface area contributed by atoms with Crippen molar-refractivity contribution in [1.29, 1.82) is 0 Å². The third kappa shape index (κ3) is 1.38. The molecular formula is C10H16O2. The summed E-state index contributed by atoms with van der Waals surface area (Å²) in [7, 11) is 0. The number of hydrogen-bond donors (Lipinski definition) is 0. The molecule has 0 aromatic heterocycles. The van der Waals surface area contributed by atoms with Crippen molar-refractivity contribution in [2.45, 2.75) is 39.7 Å². The van der Waals surface area contributed by atoms with Crippen molar-refractivity contribution in [3.63, 3.8) is 0 Å². The molecular weight excluding hydrogens is 152 g/mol. The van der Waals surface area contributed by atoms with Gasteiger partial charge in [0.15, 0.2) is 0 Å². The summed E-state index contributed by atoms with van der Waals surface area (Å²) in [5.74, 6) is -0.211. The van der Waals surface area contributed by atoms with E-state index in [4.69, 9.17) is 4.74 Å². The van der Waals surface area contributed by atoms with E-state index >= 15 is 0 Å². The van der Waals surface area contributed by atoms with Crippen LogP contribution >= 0.6 is 0 Å². The van der Waals surface area contributed by atoms with Crippen LogP contribution in [0, 0.1) is 5.41 Å². The van der Waals surface area contributed by atoms with Gasteiger partial charge in [-0.2, -0.15) is 0 Å². The first-order valence-electron chi connectivity index (χ1n) is 4.25. The predicted octanol–water partition coefficient (Wildman–Crippen LogP) is 2.29. The largest absolute Gasteiger partial charge is 0.455 e. The van der Waals surface area contributed by atoms with Crippen LogP contribution in [0.5, 0.6) is 0 Å². The van der Waals surface area contributed by atoms with Crippen molar-refractivity contribution < 1.29 is 9.53 Å². The van der Waals surface area contributed by atoms with Crippen molar-refractivity contribution in [2.24, 2.45) is 5.41 Å². The van der Waals surface area contributed by atoms with E-state index in [0.29, 0.717) is 0 Å². The number of allylic oxidation sites excluding steroid dienone is 1. The highest BCUT2D eigenvalue weighted by atomic mass is 16.6. The second kappa shape index (κ2) is 2.61. The molecule has 2 heteroatoms. The molecule has 0 aromatic rings. The van der Waals surface area contributed by atoms with E-state index in [1.807, 2.05) is 13.0 Å². The second-order valence-electron chi connectivity index (χ2n) is 4.19. The summed E-state index contributed by atoms with van der Waals surface area (Å²) < 4.78 is 5.29. The van der Waals surface area contributed by atoms with Gasteiger partial charge < -0.3 is 4.74 Å². The summed E-state index contributed by atoms with van der Waals surface area (Å²) in [6.45, 7) is 7.62. The number of esters is 1. The molecule has 2 nitrogen and oxygen atoms in total. The van der Waals surface area contributed by atoms with Crippen LogP contribution in [0.25, 0.3) is 0 Å². The van der Waals surface area contributed by atoms with E-state index in [9.17, 15) is 4.79 Å². The minimum Gasteiger partial charge on any atom is -0.455 e. The van der Waals surface area contributed by atoms with Crippen molar-refractivity contribution in [1.82, 2.24) is 0 Å². The molecule has 1 unspecified atom stereocenters. The third-order valence-electron chi connectivity index (χ3n) is 2.76. The summed E-state index contributed by atoms with van der Waals surface area (Å²) >= 11 is 0. The Labute approximate surface area is 73.6 Å². The van der Waals surface area contributed by atoms with E-state index in [1.165, 1.54) is 6.92 Å². The summed E-state index contributed by atoms with van der Waals surface area (Å²) in [4.78, 5) is 10.8. The summed E-state index contributed by atoms with van der Waals surface area (Å²) in [6, 6.07) is 0. The Kier molecular flexibility index (Phi) is 2.02. The molecule has 0 aliphatic heterocycles. The average Bonchev–Trinajstić information content (AvgIpc) is 2.05. The third-order valence-corrected chi connectivity index (χ3v) is 2.76. The van der Waals surface area contributed by atoms with Crippen molar-refractivity contribution in [2.75, 3.05) is 0 Å². The quantitative estimate of drug-likeness (QED) is 0.443. The van der Waals surface area contributed by atoms with Crippen LogP contribution in [-0.4, -0.2) is 11.6 Å². The first-order chi connectivity index (χ1) is 5.37. The van der Waals surface area contributed by atoms with Gasteiger partial charge in [0.05, 0.1) is 0 Å². The maximum atomic E-state index is 10.8. The Morgan fingerprint density at radius 3 is 2.33 bits per heavy atom. The molecule has 12 heavy (non-hydrogen) atoms. The fraction of sp³-hybridized carbons (Fsp3) is 0.700.